The number of hydrogen-bond acceptors (Lipinski definition) is 4. The van der Waals surface area contributed by atoms with Gasteiger partial charge in [0, 0.05) is 36.9 Å². The lowest BCUT2D eigenvalue weighted by molar-refractivity contribution is 0.0741. The number of H-pyrrole nitrogens is 1. The lowest BCUT2D eigenvalue weighted by atomic mass is 10.2. The SMILES string of the molecule is O=C(c1cc(-c2cccs2)[nH]n1)N1CCN(c2ccc(Cl)cc2)CC1. The molecule has 1 aliphatic heterocycles. The van der Waals surface area contributed by atoms with Crippen LogP contribution in [0.25, 0.3) is 10.6 Å². The molecule has 4 rings (SSSR count). The number of thiophene rings is 1. The van der Waals surface area contributed by atoms with E-state index in [0.717, 1.165) is 34.4 Å². The topological polar surface area (TPSA) is 52.2 Å². The second kappa shape index (κ2) is 6.90. The van der Waals surface area contributed by atoms with Gasteiger partial charge in [0.25, 0.3) is 5.91 Å². The van der Waals surface area contributed by atoms with E-state index < -0.39 is 0 Å². The molecule has 0 bridgehead atoms. The van der Waals surface area contributed by atoms with E-state index >= 15 is 0 Å². The first-order valence-electron chi connectivity index (χ1n) is 8.10. The molecule has 0 unspecified atom stereocenters. The Hall–Kier alpha value is -2.31. The predicted octanol–water partition coefficient (Wildman–Crippen LogP) is 3.75. The third kappa shape index (κ3) is 3.41. The predicted molar refractivity (Wildman–Crippen MR) is 101 cm³/mol. The van der Waals surface area contributed by atoms with Gasteiger partial charge in [-0.25, -0.2) is 0 Å². The van der Waals surface area contributed by atoms with E-state index in [1.165, 1.54) is 0 Å². The van der Waals surface area contributed by atoms with Crippen LogP contribution in [-0.4, -0.2) is 47.2 Å². The molecule has 5 nitrogen and oxygen atoms in total. The molecule has 0 radical (unpaired) electrons. The summed E-state index contributed by atoms with van der Waals surface area (Å²) in [4.78, 5) is 17.9. The van der Waals surface area contributed by atoms with Gasteiger partial charge in [0.15, 0.2) is 5.69 Å². The molecule has 1 aromatic carbocycles. The van der Waals surface area contributed by atoms with Crippen molar-refractivity contribution in [2.75, 3.05) is 31.1 Å². The van der Waals surface area contributed by atoms with Crippen LogP contribution in [0, 0.1) is 0 Å². The average molecular weight is 373 g/mol. The number of carbonyl (C=O) groups is 1. The Morgan fingerprint density at radius 1 is 1.12 bits per heavy atom. The molecule has 128 valence electrons. The van der Waals surface area contributed by atoms with Crippen LogP contribution in [0.2, 0.25) is 5.02 Å². The average Bonchev–Trinajstić information content (AvgIpc) is 3.33. The summed E-state index contributed by atoms with van der Waals surface area (Å²) < 4.78 is 0. The Labute approximate surface area is 154 Å². The van der Waals surface area contributed by atoms with E-state index in [2.05, 4.69) is 15.1 Å². The smallest absolute Gasteiger partial charge is 0.274 e. The first-order chi connectivity index (χ1) is 12.2. The summed E-state index contributed by atoms with van der Waals surface area (Å²) in [6.45, 7) is 2.97. The molecule has 0 aliphatic carbocycles. The lowest BCUT2D eigenvalue weighted by Crippen LogP contribution is -2.48. The number of carbonyl (C=O) groups excluding carboxylic acids is 1. The van der Waals surface area contributed by atoms with E-state index in [-0.39, 0.29) is 5.91 Å². The maximum atomic E-state index is 12.7. The molecule has 1 N–H and O–H groups in total. The van der Waals surface area contributed by atoms with Crippen LogP contribution in [0.15, 0.2) is 47.8 Å². The van der Waals surface area contributed by atoms with Gasteiger partial charge in [0.05, 0.1) is 10.6 Å². The number of anilines is 1. The third-order valence-corrected chi connectivity index (χ3v) is 5.50. The van der Waals surface area contributed by atoms with E-state index in [9.17, 15) is 4.79 Å². The largest absolute Gasteiger partial charge is 0.368 e. The molecule has 25 heavy (non-hydrogen) atoms. The number of nitrogens with one attached hydrogen (secondary N) is 1. The standard InChI is InChI=1S/C18H17ClN4OS/c19-13-3-5-14(6-4-13)22-7-9-23(10-8-22)18(24)16-12-15(20-21-16)17-2-1-11-25-17/h1-6,11-12H,7-10H2,(H,20,21). The van der Waals surface area contributed by atoms with Crippen LogP contribution in [0.1, 0.15) is 10.5 Å². The Morgan fingerprint density at radius 3 is 2.56 bits per heavy atom. The van der Waals surface area contributed by atoms with Crippen molar-refractivity contribution in [3.63, 3.8) is 0 Å². The van der Waals surface area contributed by atoms with Gasteiger partial charge in [-0.15, -0.1) is 11.3 Å². The zero-order valence-electron chi connectivity index (χ0n) is 13.5. The maximum Gasteiger partial charge on any atom is 0.274 e. The summed E-state index contributed by atoms with van der Waals surface area (Å²) in [7, 11) is 0. The van der Waals surface area contributed by atoms with Gasteiger partial charge in [0.1, 0.15) is 0 Å². The van der Waals surface area contributed by atoms with Gasteiger partial charge in [0.2, 0.25) is 0 Å². The summed E-state index contributed by atoms with van der Waals surface area (Å²) in [6.07, 6.45) is 0. The summed E-state index contributed by atoms with van der Waals surface area (Å²) in [5.41, 5.74) is 2.50. The van der Waals surface area contributed by atoms with Gasteiger partial charge < -0.3 is 9.80 Å². The summed E-state index contributed by atoms with van der Waals surface area (Å²) in [5.74, 6) is -0.0187. The number of benzene rings is 1. The minimum atomic E-state index is -0.0187. The third-order valence-electron chi connectivity index (χ3n) is 4.34. The fourth-order valence-corrected chi connectivity index (χ4v) is 3.79. The Morgan fingerprint density at radius 2 is 1.88 bits per heavy atom. The highest BCUT2D eigenvalue weighted by Gasteiger charge is 2.24. The van der Waals surface area contributed by atoms with Crippen molar-refractivity contribution in [1.29, 1.82) is 0 Å². The fraction of sp³-hybridized carbons (Fsp3) is 0.222. The van der Waals surface area contributed by atoms with Gasteiger partial charge in [-0.3, -0.25) is 9.89 Å². The summed E-state index contributed by atoms with van der Waals surface area (Å²) >= 11 is 7.56. The van der Waals surface area contributed by atoms with Crippen molar-refractivity contribution >= 4 is 34.5 Å². The summed E-state index contributed by atoms with van der Waals surface area (Å²) in [5, 5.41) is 9.90. The molecule has 2 aromatic heterocycles. The fourth-order valence-electron chi connectivity index (χ4n) is 2.97. The molecule has 0 atom stereocenters. The molecule has 1 amide bonds. The second-order valence-electron chi connectivity index (χ2n) is 5.90. The van der Waals surface area contributed by atoms with Gasteiger partial charge in [-0.1, -0.05) is 17.7 Å². The number of nitrogens with zero attached hydrogens (tertiary/aromatic N) is 3. The molecule has 3 aromatic rings. The van der Waals surface area contributed by atoms with Crippen molar-refractivity contribution in [3.05, 3.63) is 58.6 Å². The van der Waals surface area contributed by atoms with Crippen LogP contribution in [-0.2, 0) is 0 Å². The number of rotatable bonds is 3. The number of aromatic amines is 1. The monoisotopic (exact) mass is 372 g/mol. The Bertz CT molecular complexity index is 852. The van der Waals surface area contributed by atoms with Crippen LogP contribution in [0.4, 0.5) is 5.69 Å². The zero-order chi connectivity index (χ0) is 17.2. The molecular formula is C18H17ClN4OS. The minimum absolute atomic E-state index is 0.0187. The maximum absolute atomic E-state index is 12.7. The van der Waals surface area contributed by atoms with Crippen molar-refractivity contribution in [3.8, 4) is 10.6 Å². The van der Waals surface area contributed by atoms with Crippen molar-refractivity contribution < 1.29 is 4.79 Å². The quantitative estimate of drug-likeness (QED) is 0.761. The second-order valence-corrected chi connectivity index (χ2v) is 7.28. The number of piperazine rings is 1. The number of aromatic nitrogens is 2. The van der Waals surface area contributed by atoms with Crippen LogP contribution in [0.5, 0.6) is 0 Å². The van der Waals surface area contributed by atoms with Crippen molar-refractivity contribution in [1.82, 2.24) is 15.1 Å². The number of halogens is 1. The molecule has 7 heteroatoms. The first-order valence-corrected chi connectivity index (χ1v) is 9.35. The zero-order valence-corrected chi connectivity index (χ0v) is 15.1. The number of amides is 1. The molecular weight excluding hydrogens is 356 g/mol. The van der Waals surface area contributed by atoms with Crippen LogP contribution >= 0.6 is 22.9 Å². The highest BCUT2D eigenvalue weighted by molar-refractivity contribution is 7.13. The van der Waals surface area contributed by atoms with E-state index in [4.69, 9.17) is 11.6 Å². The Kier molecular flexibility index (Phi) is 4.46. The Balaban J connectivity index is 1.40. The normalized spacial score (nSPS) is 14.8. The highest BCUT2D eigenvalue weighted by Crippen LogP contribution is 2.24. The summed E-state index contributed by atoms with van der Waals surface area (Å²) in [6, 6.07) is 13.6. The van der Waals surface area contributed by atoms with Crippen molar-refractivity contribution in [2.24, 2.45) is 0 Å². The highest BCUT2D eigenvalue weighted by atomic mass is 35.5. The lowest BCUT2D eigenvalue weighted by Gasteiger charge is -2.35. The molecule has 3 heterocycles. The molecule has 1 fully saturated rings. The van der Waals surface area contributed by atoms with E-state index in [0.29, 0.717) is 18.8 Å². The minimum Gasteiger partial charge on any atom is -0.368 e. The van der Waals surface area contributed by atoms with Crippen LogP contribution in [0.3, 0.4) is 0 Å². The van der Waals surface area contributed by atoms with Gasteiger partial charge >= 0.3 is 0 Å². The van der Waals surface area contributed by atoms with Crippen LogP contribution < -0.4 is 4.90 Å². The number of hydrogen-bond donors (Lipinski definition) is 1. The molecule has 0 saturated carbocycles. The van der Waals surface area contributed by atoms with E-state index in [1.807, 2.05) is 52.7 Å². The van der Waals surface area contributed by atoms with Gasteiger partial charge in [-0.05, 0) is 41.8 Å². The van der Waals surface area contributed by atoms with Crippen molar-refractivity contribution in [2.45, 2.75) is 0 Å². The molecule has 0 spiro atoms. The van der Waals surface area contributed by atoms with E-state index in [1.54, 1.807) is 11.3 Å². The molecule has 1 saturated heterocycles. The first kappa shape index (κ1) is 16.2. The van der Waals surface area contributed by atoms with Gasteiger partial charge in [-0.2, -0.15) is 5.10 Å². The molecule has 1 aliphatic rings.